The molecular weight excluding hydrogens is 367 g/mol. The highest BCUT2D eigenvalue weighted by Gasteiger charge is 2.38. The molecular formula is C22H22F3NO2. The lowest BCUT2D eigenvalue weighted by molar-refractivity contribution is -0.173. The van der Waals surface area contributed by atoms with E-state index < -0.39 is 18.2 Å². The second-order valence-corrected chi connectivity index (χ2v) is 6.53. The number of nitrogens with one attached hydrogen (secondary N) is 1. The van der Waals surface area contributed by atoms with Gasteiger partial charge in [0.2, 0.25) is 0 Å². The molecule has 0 aliphatic heterocycles. The zero-order chi connectivity index (χ0) is 20.7. The number of benzene rings is 2. The molecule has 0 bridgehead atoms. The van der Waals surface area contributed by atoms with E-state index >= 15 is 0 Å². The van der Waals surface area contributed by atoms with Gasteiger partial charge in [0.25, 0.3) is 0 Å². The Morgan fingerprint density at radius 3 is 2.57 bits per heavy atom. The molecule has 0 aromatic heterocycles. The minimum absolute atomic E-state index is 0.0294. The number of alkyl halides is 3. The number of rotatable bonds is 5. The fraction of sp³-hybridized carbons (Fsp3) is 0.318. The van der Waals surface area contributed by atoms with Crippen molar-refractivity contribution in [2.24, 2.45) is 0 Å². The molecule has 6 heteroatoms. The minimum atomic E-state index is -4.92. The molecule has 0 saturated heterocycles. The summed E-state index contributed by atoms with van der Waals surface area (Å²) >= 11 is 0. The molecule has 0 fully saturated rings. The van der Waals surface area contributed by atoms with Crippen LogP contribution in [0.4, 0.5) is 13.2 Å². The van der Waals surface area contributed by atoms with Gasteiger partial charge in [-0.25, -0.2) is 0 Å². The lowest BCUT2D eigenvalue weighted by Crippen LogP contribution is -2.37. The predicted molar refractivity (Wildman–Crippen MR) is 102 cm³/mol. The van der Waals surface area contributed by atoms with Crippen LogP contribution >= 0.6 is 0 Å². The normalized spacial score (nSPS) is 13.2. The van der Waals surface area contributed by atoms with Gasteiger partial charge < -0.3 is 10.4 Å². The van der Waals surface area contributed by atoms with Gasteiger partial charge in [-0.1, -0.05) is 48.2 Å². The SMILES string of the molecule is Cc1ccccc1C(C)C#Cc1cccc(C(O)CCNC(=O)C(F)(F)F)c1. The summed E-state index contributed by atoms with van der Waals surface area (Å²) in [6, 6.07) is 14.9. The highest BCUT2D eigenvalue weighted by molar-refractivity contribution is 5.81. The lowest BCUT2D eigenvalue weighted by Gasteiger charge is -2.13. The number of aliphatic hydroxyl groups excluding tert-OH is 1. The van der Waals surface area contributed by atoms with Crippen LogP contribution in [0.15, 0.2) is 48.5 Å². The van der Waals surface area contributed by atoms with Crippen molar-refractivity contribution in [3.63, 3.8) is 0 Å². The van der Waals surface area contributed by atoms with E-state index in [1.54, 1.807) is 29.6 Å². The minimum Gasteiger partial charge on any atom is -0.388 e. The van der Waals surface area contributed by atoms with Gasteiger partial charge in [0.1, 0.15) is 0 Å². The topological polar surface area (TPSA) is 49.3 Å². The van der Waals surface area contributed by atoms with E-state index in [2.05, 4.69) is 11.8 Å². The number of carbonyl (C=O) groups is 1. The Hall–Kier alpha value is -2.78. The molecule has 2 aromatic rings. The third-order valence-corrected chi connectivity index (χ3v) is 4.32. The van der Waals surface area contributed by atoms with Crippen LogP contribution in [0.5, 0.6) is 0 Å². The molecule has 0 radical (unpaired) electrons. The van der Waals surface area contributed by atoms with Gasteiger partial charge in [0.05, 0.1) is 6.10 Å². The van der Waals surface area contributed by atoms with Crippen LogP contribution in [0.25, 0.3) is 0 Å². The van der Waals surface area contributed by atoms with Gasteiger partial charge in [0, 0.05) is 18.0 Å². The van der Waals surface area contributed by atoms with E-state index in [-0.39, 0.29) is 18.9 Å². The number of hydrogen-bond donors (Lipinski definition) is 2. The zero-order valence-electron chi connectivity index (χ0n) is 15.7. The molecule has 3 nitrogen and oxygen atoms in total. The van der Waals surface area contributed by atoms with Crippen LogP contribution < -0.4 is 5.32 Å². The number of halogens is 3. The second-order valence-electron chi connectivity index (χ2n) is 6.53. The van der Waals surface area contributed by atoms with Crippen molar-refractivity contribution in [1.82, 2.24) is 5.32 Å². The molecule has 0 heterocycles. The van der Waals surface area contributed by atoms with Crippen LogP contribution in [-0.4, -0.2) is 23.7 Å². The number of amides is 1. The lowest BCUT2D eigenvalue weighted by atomic mass is 9.96. The molecule has 148 valence electrons. The first-order valence-electron chi connectivity index (χ1n) is 8.88. The van der Waals surface area contributed by atoms with Crippen LogP contribution in [0.1, 0.15) is 47.6 Å². The van der Waals surface area contributed by atoms with Crippen molar-refractivity contribution >= 4 is 5.91 Å². The zero-order valence-corrected chi connectivity index (χ0v) is 15.7. The smallest absolute Gasteiger partial charge is 0.388 e. The molecule has 2 N–H and O–H groups in total. The van der Waals surface area contributed by atoms with Crippen molar-refractivity contribution in [1.29, 1.82) is 0 Å². The maximum absolute atomic E-state index is 12.2. The molecule has 0 spiro atoms. The molecule has 2 aromatic carbocycles. The van der Waals surface area contributed by atoms with E-state index in [4.69, 9.17) is 0 Å². The van der Waals surface area contributed by atoms with Crippen LogP contribution in [0.2, 0.25) is 0 Å². The fourth-order valence-corrected chi connectivity index (χ4v) is 2.75. The second kappa shape index (κ2) is 9.43. The monoisotopic (exact) mass is 389 g/mol. The molecule has 0 saturated carbocycles. The molecule has 28 heavy (non-hydrogen) atoms. The number of hydrogen-bond acceptors (Lipinski definition) is 2. The van der Waals surface area contributed by atoms with Gasteiger partial charge in [0.15, 0.2) is 0 Å². The number of aliphatic hydroxyl groups is 1. The molecule has 2 atom stereocenters. The third kappa shape index (κ3) is 6.14. The van der Waals surface area contributed by atoms with Crippen molar-refractivity contribution in [3.8, 4) is 11.8 Å². The first-order chi connectivity index (χ1) is 13.2. The maximum atomic E-state index is 12.2. The number of carbonyl (C=O) groups excluding carboxylic acids is 1. The Labute approximate surface area is 162 Å². The van der Waals surface area contributed by atoms with E-state index in [1.165, 1.54) is 0 Å². The highest BCUT2D eigenvalue weighted by Crippen LogP contribution is 2.20. The van der Waals surface area contributed by atoms with Crippen molar-refractivity contribution in [2.75, 3.05) is 6.54 Å². The molecule has 2 unspecified atom stereocenters. The van der Waals surface area contributed by atoms with Crippen molar-refractivity contribution in [2.45, 2.75) is 38.5 Å². The third-order valence-electron chi connectivity index (χ3n) is 4.32. The van der Waals surface area contributed by atoms with Gasteiger partial charge in [-0.05, 0) is 49.1 Å². The van der Waals surface area contributed by atoms with Gasteiger partial charge in [-0.15, -0.1) is 0 Å². The van der Waals surface area contributed by atoms with Crippen molar-refractivity contribution < 1.29 is 23.1 Å². The molecule has 0 aliphatic carbocycles. The first-order valence-corrected chi connectivity index (χ1v) is 8.88. The Morgan fingerprint density at radius 1 is 1.18 bits per heavy atom. The summed E-state index contributed by atoms with van der Waals surface area (Å²) in [5, 5.41) is 11.9. The van der Waals surface area contributed by atoms with E-state index in [1.807, 2.05) is 38.1 Å². The summed E-state index contributed by atoms with van der Waals surface area (Å²) < 4.78 is 36.5. The van der Waals surface area contributed by atoms with E-state index in [9.17, 15) is 23.1 Å². The largest absolute Gasteiger partial charge is 0.471 e. The Bertz CT molecular complexity index is 881. The average Bonchev–Trinajstić information content (AvgIpc) is 2.65. The Morgan fingerprint density at radius 2 is 1.89 bits per heavy atom. The van der Waals surface area contributed by atoms with E-state index in [0.717, 1.165) is 11.1 Å². The Balaban J connectivity index is 2.00. The van der Waals surface area contributed by atoms with E-state index in [0.29, 0.717) is 11.1 Å². The quantitative estimate of drug-likeness (QED) is 0.751. The standard InChI is InChI=1S/C22H22F3NO2/c1-15-6-3-4-9-19(15)16(2)10-11-17-7-5-8-18(14-17)20(27)12-13-26-21(28)22(23,24)25/h3-9,14,16,20,27H,12-13H2,1-2H3,(H,26,28). The van der Waals surface area contributed by atoms with Crippen LogP contribution in [0.3, 0.4) is 0 Å². The first kappa shape index (κ1) is 21.5. The van der Waals surface area contributed by atoms with Gasteiger partial charge in [-0.3, -0.25) is 4.79 Å². The van der Waals surface area contributed by atoms with Gasteiger partial charge >= 0.3 is 12.1 Å². The summed E-state index contributed by atoms with van der Waals surface area (Å²) in [4.78, 5) is 10.8. The van der Waals surface area contributed by atoms with Crippen molar-refractivity contribution in [3.05, 3.63) is 70.8 Å². The summed E-state index contributed by atoms with van der Waals surface area (Å²) in [5.41, 5.74) is 3.55. The van der Waals surface area contributed by atoms with Gasteiger partial charge in [-0.2, -0.15) is 13.2 Å². The summed E-state index contributed by atoms with van der Waals surface area (Å²) in [7, 11) is 0. The van der Waals surface area contributed by atoms with Crippen LogP contribution in [0, 0.1) is 18.8 Å². The number of aryl methyl sites for hydroxylation is 1. The molecule has 2 rings (SSSR count). The summed E-state index contributed by atoms with van der Waals surface area (Å²) in [6.07, 6.45) is -5.95. The summed E-state index contributed by atoms with van der Waals surface area (Å²) in [6.45, 7) is 3.76. The average molecular weight is 389 g/mol. The molecule has 1 amide bonds. The predicted octanol–water partition coefficient (Wildman–Crippen LogP) is 4.25. The fourth-order valence-electron chi connectivity index (χ4n) is 2.75. The maximum Gasteiger partial charge on any atom is 0.471 e. The van der Waals surface area contributed by atoms with Crippen LogP contribution in [-0.2, 0) is 4.79 Å². The molecule has 0 aliphatic rings. The summed E-state index contributed by atoms with van der Waals surface area (Å²) in [5.74, 6) is 4.29. The highest BCUT2D eigenvalue weighted by atomic mass is 19.4. The Kier molecular flexibility index (Phi) is 7.24.